The van der Waals surface area contributed by atoms with Crippen molar-refractivity contribution in [3.63, 3.8) is 0 Å². The summed E-state index contributed by atoms with van der Waals surface area (Å²) in [6.07, 6.45) is 2.47. The van der Waals surface area contributed by atoms with Crippen LogP contribution in [0.25, 0.3) is 11.4 Å². The molecule has 0 radical (unpaired) electrons. The number of anilines is 2. The number of hydrogen-bond donors (Lipinski definition) is 3. The summed E-state index contributed by atoms with van der Waals surface area (Å²) in [5.74, 6) is 1.29. The number of ether oxygens (including phenoxy) is 1. The van der Waals surface area contributed by atoms with Crippen LogP contribution >= 0.6 is 0 Å². The summed E-state index contributed by atoms with van der Waals surface area (Å²) in [7, 11) is -3.77. The van der Waals surface area contributed by atoms with Crippen LogP contribution in [0, 0.1) is 6.92 Å². The first kappa shape index (κ1) is 24.8. The quantitative estimate of drug-likeness (QED) is 0.386. The van der Waals surface area contributed by atoms with Gasteiger partial charge in [0.05, 0.1) is 41.3 Å². The first-order chi connectivity index (χ1) is 15.7. The maximum absolute atomic E-state index is 12.5. The van der Waals surface area contributed by atoms with Crippen LogP contribution < -0.4 is 10.0 Å². The van der Waals surface area contributed by atoms with E-state index in [1.165, 1.54) is 12.1 Å². The minimum atomic E-state index is -3.77. The molecule has 178 valence electrons. The van der Waals surface area contributed by atoms with E-state index in [1.54, 1.807) is 24.5 Å². The Bertz CT molecular complexity index is 1160. The van der Waals surface area contributed by atoms with Gasteiger partial charge in [-0.2, -0.15) is 0 Å². The molecule has 2 aromatic heterocycles. The minimum Gasteiger partial charge on any atom is -0.389 e. The zero-order valence-corrected chi connectivity index (χ0v) is 20.0. The van der Waals surface area contributed by atoms with E-state index in [0.29, 0.717) is 11.6 Å². The Labute approximate surface area is 194 Å². The number of nitrogens with zero attached hydrogens (tertiary/aromatic N) is 4. The zero-order chi connectivity index (χ0) is 24.0. The van der Waals surface area contributed by atoms with Crippen molar-refractivity contribution in [1.29, 1.82) is 0 Å². The molecule has 10 nitrogen and oxygen atoms in total. The molecule has 0 aliphatic heterocycles. The second kappa shape index (κ2) is 10.8. The molecule has 11 heteroatoms. The molecule has 1 aromatic carbocycles. The number of aliphatic hydroxyl groups excluding tert-OH is 1. The fourth-order valence-corrected chi connectivity index (χ4v) is 4.20. The number of aryl methyl sites for hydroxylation is 1. The number of benzene rings is 1. The molecule has 0 aliphatic carbocycles. The van der Waals surface area contributed by atoms with Crippen LogP contribution in [0.4, 0.5) is 11.6 Å². The smallest absolute Gasteiger partial charge is 0.240 e. The Hall–Kier alpha value is -2.86. The lowest BCUT2D eigenvalue weighted by atomic mass is 10.3. The largest absolute Gasteiger partial charge is 0.389 e. The van der Waals surface area contributed by atoms with Crippen molar-refractivity contribution in [3.05, 3.63) is 48.5 Å². The summed E-state index contributed by atoms with van der Waals surface area (Å²) in [4.78, 5) is 13.2. The van der Waals surface area contributed by atoms with Gasteiger partial charge in [-0.15, -0.1) is 0 Å². The number of hydrogen-bond acceptors (Lipinski definition) is 8. The van der Waals surface area contributed by atoms with Crippen molar-refractivity contribution in [1.82, 2.24) is 24.2 Å². The molecule has 0 saturated heterocycles. The molecule has 2 heterocycles. The lowest BCUT2D eigenvalue weighted by Gasteiger charge is -2.14. The van der Waals surface area contributed by atoms with Gasteiger partial charge in [0.2, 0.25) is 16.0 Å². The maximum atomic E-state index is 12.5. The number of rotatable bonds is 11. The molecule has 1 unspecified atom stereocenters. The topological polar surface area (TPSA) is 131 Å². The van der Waals surface area contributed by atoms with Crippen molar-refractivity contribution in [2.75, 3.05) is 18.5 Å². The van der Waals surface area contributed by atoms with Gasteiger partial charge in [-0.1, -0.05) is 0 Å². The molecular formula is C22H30N6O4S. The highest BCUT2D eigenvalue weighted by molar-refractivity contribution is 7.89. The van der Waals surface area contributed by atoms with Crippen LogP contribution in [0.3, 0.4) is 0 Å². The molecule has 3 rings (SSSR count). The number of aromatic nitrogens is 4. The van der Waals surface area contributed by atoms with Gasteiger partial charge >= 0.3 is 0 Å². The summed E-state index contributed by atoms with van der Waals surface area (Å²) in [6.45, 7) is 8.37. The third-order valence-electron chi connectivity index (χ3n) is 4.84. The van der Waals surface area contributed by atoms with Gasteiger partial charge in [0.1, 0.15) is 5.82 Å². The van der Waals surface area contributed by atoms with Gasteiger partial charge in [-0.05, 0) is 58.0 Å². The van der Waals surface area contributed by atoms with Crippen LogP contribution in [-0.4, -0.2) is 58.4 Å². The average molecular weight is 475 g/mol. The Morgan fingerprint density at radius 3 is 2.55 bits per heavy atom. The van der Waals surface area contributed by atoms with Crippen molar-refractivity contribution in [2.24, 2.45) is 0 Å². The number of aliphatic hydroxyl groups is 1. The van der Waals surface area contributed by atoms with Gasteiger partial charge in [-0.3, -0.25) is 0 Å². The van der Waals surface area contributed by atoms with E-state index in [0.717, 1.165) is 23.8 Å². The second-order valence-corrected chi connectivity index (χ2v) is 9.50. The van der Waals surface area contributed by atoms with Crippen LogP contribution in [0.5, 0.6) is 0 Å². The fourth-order valence-electron chi connectivity index (χ4n) is 3.13. The molecular weight excluding hydrogens is 444 g/mol. The summed E-state index contributed by atoms with van der Waals surface area (Å²) in [5, 5.41) is 13.0. The van der Waals surface area contributed by atoms with Crippen molar-refractivity contribution in [3.8, 4) is 11.4 Å². The Morgan fingerprint density at radius 2 is 1.88 bits per heavy atom. The van der Waals surface area contributed by atoms with Crippen molar-refractivity contribution >= 4 is 21.7 Å². The Kier molecular flexibility index (Phi) is 8.14. The third-order valence-corrected chi connectivity index (χ3v) is 6.28. The highest BCUT2D eigenvalue weighted by Crippen LogP contribution is 2.21. The SMILES string of the molecule is CCn1c(-c2ccnc(Nc3ccc(S(=O)(=O)NCC(O)COC(C)C)cc3)n2)cnc1C. The molecule has 33 heavy (non-hydrogen) atoms. The highest BCUT2D eigenvalue weighted by atomic mass is 32.2. The highest BCUT2D eigenvalue weighted by Gasteiger charge is 2.16. The standard InChI is InChI=1S/C22H30N6O4S/c1-5-28-16(4)24-13-21(28)20-10-11-23-22(27-20)26-17-6-8-19(9-7-17)33(30,31)25-12-18(29)14-32-15(2)3/h6-11,13,15,18,25,29H,5,12,14H2,1-4H3,(H,23,26,27). The van der Waals surface area contributed by atoms with Gasteiger partial charge in [0.15, 0.2) is 0 Å². The molecule has 0 aliphatic rings. The van der Waals surface area contributed by atoms with E-state index in [-0.39, 0.29) is 24.2 Å². The van der Waals surface area contributed by atoms with Gasteiger partial charge in [0, 0.05) is 25.0 Å². The predicted molar refractivity (Wildman–Crippen MR) is 126 cm³/mol. The maximum Gasteiger partial charge on any atom is 0.240 e. The lowest BCUT2D eigenvalue weighted by Crippen LogP contribution is -2.35. The molecule has 0 saturated carbocycles. The molecule has 0 amide bonds. The summed E-state index contributed by atoms with van der Waals surface area (Å²) < 4.78 is 34.7. The van der Waals surface area contributed by atoms with E-state index >= 15 is 0 Å². The van der Waals surface area contributed by atoms with E-state index in [9.17, 15) is 13.5 Å². The van der Waals surface area contributed by atoms with Crippen molar-refractivity contribution < 1.29 is 18.3 Å². The monoisotopic (exact) mass is 474 g/mol. The average Bonchev–Trinajstić information content (AvgIpc) is 3.17. The van der Waals surface area contributed by atoms with E-state index < -0.39 is 16.1 Å². The number of nitrogens with one attached hydrogen (secondary N) is 2. The first-order valence-electron chi connectivity index (χ1n) is 10.7. The predicted octanol–water partition coefficient (Wildman–Crippen LogP) is 2.48. The third kappa shape index (κ3) is 6.57. The lowest BCUT2D eigenvalue weighted by molar-refractivity contribution is 0.00832. The van der Waals surface area contributed by atoms with Gasteiger partial charge in [0.25, 0.3) is 0 Å². The van der Waals surface area contributed by atoms with Crippen LogP contribution in [0.1, 0.15) is 26.6 Å². The van der Waals surface area contributed by atoms with Crippen LogP contribution in [0.15, 0.2) is 47.6 Å². The number of sulfonamides is 1. The van der Waals surface area contributed by atoms with E-state index in [1.807, 2.05) is 33.8 Å². The Balaban J connectivity index is 1.66. The van der Waals surface area contributed by atoms with E-state index in [2.05, 4.69) is 29.6 Å². The molecule has 0 bridgehead atoms. The van der Waals surface area contributed by atoms with Crippen LogP contribution in [-0.2, 0) is 21.3 Å². The number of imidazole rings is 1. The van der Waals surface area contributed by atoms with Crippen molar-refractivity contribution in [2.45, 2.75) is 51.3 Å². The summed E-state index contributed by atoms with van der Waals surface area (Å²) >= 11 is 0. The summed E-state index contributed by atoms with van der Waals surface area (Å²) in [6, 6.07) is 8.02. The van der Waals surface area contributed by atoms with Gasteiger partial charge < -0.3 is 19.7 Å². The minimum absolute atomic E-state index is 0.0427. The second-order valence-electron chi connectivity index (χ2n) is 7.74. The fraction of sp³-hybridized carbons (Fsp3) is 0.409. The molecule has 0 fully saturated rings. The molecule has 0 spiro atoms. The first-order valence-corrected chi connectivity index (χ1v) is 12.2. The van der Waals surface area contributed by atoms with Crippen LogP contribution in [0.2, 0.25) is 0 Å². The molecule has 3 N–H and O–H groups in total. The van der Waals surface area contributed by atoms with E-state index in [4.69, 9.17) is 4.74 Å². The Morgan fingerprint density at radius 1 is 1.15 bits per heavy atom. The molecule has 1 atom stereocenters. The van der Waals surface area contributed by atoms with Gasteiger partial charge in [-0.25, -0.2) is 28.1 Å². The summed E-state index contributed by atoms with van der Waals surface area (Å²) in [5.41, 5.74) is 2.27. The zero-order valence-electron chi connectivity index (χ0n) is 19.2. The normalized spacial score (nSPS) is 12.8. The molecule has 3 aromatic rings.